The highest BCUT2D eigenvalue weighted by molar-refractivity contribution is 7.92. The Bertz CT molecular complexity index is 1140. The fourth-order valence-electron chi connectivity index (χ4n) is 4.25. The van der Waals surface area contributed by atoms with E-state index in [1.54, 1.807) is 30.0 Å². The molecular weight excluding hydrogens is 462 g/mol. The fourth-order valence-corrected chi connectivity index (χ4v) is 5.34. The molecule has 1 heterocycles. The number of anilines is 1. The molecule has 0 aromatic heterocycles. The molecule has 35 heavy (non-hydrogen) atoms. The van der Waals surface area contributed by atoms with Gasteiger partial charge < -0.3 is 10.2 Å². The van der Waals surface area contributed by atoms with Gasteiger partial charge in [0.15, 0.2) is 0 Å². The fraction of sp³-hybridized carbons (Fsp3) is 0.481. The average molecular weight is 500 g/mol. The van der Waals surface area contributed by atoms with Crippen LogP contribution in [0.4, 0.5) is 5.69 Å². The largest absolute Gasteiger partial charge is 0.354 e. The first-order valence-corrected chi connectivity index (χ1v) is 13.9. The van der Waals surface area contributed by atoms with E-state index in [1.165, 1.54) is 17.7 Å². The molecule has 1 saturated heterocycles. The summed E-state index contributed by atoms with van der Waals surface area (Å²) in [6, 6.07) is 12.1. The lowest BCUT2D eigenvalue weighted by Gasteiger charge is -2.32. The van der Waals surface area contributed by atoms with Gasteiger partial charge in [-0.3, -0.25) is 14.3 Å². The van der Waals surface area contributed by atoms with Crippen molar-refractivity contribution in [2.45, 2.75) is 70.7 Å². The third kappa shape index (κ3) is 7.07. The number of benzene rings is 2. The molecule has 2 N–H and O–H groups in total. The summed E-state index contributed by atoms with van der Waals surface area (Å²) in [5.41, 5.74) is 2.74. The van der Waals surface area contributed by atoms with Crippen molar-refractivity contribution in [2.75, 3.05) is 17.8 Å². The summed E-state index contributed by atoms with van der Waals surface area (Å²) in [4.78, 5) is 27.3. The molecule has 1 aliphatic rings. The van der Waals surface area contributed by atoms with Crippen molar-refractivity contribution in [1.29, 1.82) is 0 Å². The Morgan fingerprint density at radius 2 is 1.71 bits per heavy atom. The van der Waals surface area contributed by atoms with Gasteiger partial charge in [-0.05, 0) is 81.8 Å². The number of likely N-dealkylation sites (tertiary alicyclic amines) is 1. The maximum atomic E-state index is 13.2. The number of piperidine rings is 1. The van der Waals surface area contributed by atoms with Gasteiger partial charge in [0.25, 0.3) is 15.9 Å². The minimum Gasteiger partial charge on any atom is -0.354 e. The summed E-state index contributed by atoms with van der Waals surface area (Å²) in [6.45, 7) is 8.73. The SMILES string of the molecule is CCCCc1ccc(NS(=O)(=O)c2ccc(C)c(C(=O)N3CCC(C(=O)NC(C)C)CC3)c2)cc1. The number of carbonyl (C=O) groups is 2. The average Bonchev–Trinajstić information content (AvgIpc) is 2.83. The normalized spacial score (nSPS) is 14.7. The smallest absolute Gasteiger partial charge is 0.261 e. The van der Waals surface area contributed by atoms with Crippen molar-refractivity contribution in [2.24, 2.45) is 5.92 Å². The number of hydrogen-bond donors (Lipinski definition) is 2. The quantitative estimate of drug-likeness (QED) is 0.530. The van der Waals surface area contributed by atoms with E-state index in [4.69, 9.17) is 0 Å². The monoisotopic (exact) mass is 499 g/mol. The minimum atomic E-state index is -3.85. The number of amides is 2. The second-order valence-electron chi connectivity index (χ2n) is 9.61. The van der Waals surface area contributed by atoms with Crippen LogP contribution in [0, 0.1) is 12.8 Å². The van der Waals surface area contributed by atoms with Gasteiger partial charge in [-0.2, -0.15) is 0 Å². The Labute approximate surface area is 209 Å². The van der Waals surface area contributed by atoms with Crippen molar-refractivity contribution < 1.29 is 18.0 Å². The molecule has 190 valence electrons. The zero-order chi connectivity index (χ0) is 25.6. The van der Waals surface area contributed by atoms with Crippen molar-refractivity contribution >= 4 is 27.5 Å². The van der Waals surface area contributed by atoms with Crippen LogP contribution < -0.4 is 10.0 Å². The summed E-state index contributed by atoms with van der Waals surface area (Å²) >= 11 is 0. The molecule has 0 bridgehead atoms. The van der Waals surface area contributed by atoms with E-state index in [2.05, 4.69) is 17.0 Å². The molecule has 0 aliphatic carbocycles. The highest BCUT2D eigenvalue weighted by Crippen LogP contribution is 2.24. The van der Waals surface area contributed by atoms with Gasteiger partial charge >= 0.3 is 0 Å². The summed E-state index contributed by atoms with van der Waals surface area (Å²) in [6.07, 6.45) is 4.35. The maximum Gasteiger partial charge on any atom is 0.261 e. The van der Waals surface area contributed by atoms with Crippen LogP contribution >= 0.6 is 0 Å². The molecule has 2 aromatic carbocycles. The van der Waals surface area contributed by atoms with E-state index in [0.717, 1.165) is 19.3 Å². The van der Waals surface area contributed by atoms with Gasteiger partial charge in [-0.15, -0.1) is 0 Å². The van der Waals surface area contributed by atoms with Crippen LogP contribution in [-0.2, 0) is 21.2 Å². The minimum absolute atomic E-state index is 0.0286. The van der Waals surface area contributed by atoms with Crippen LogP contribution in [0.5, 0.6) is 0 Å². The lowest BCUT2D eigenvalue weighted by molar-refractivity contribution is -0.126. The van der Waals surface area contributed by atoms with Crippen molar-refractivity contribution in [3.8, 4) is 0 Å². The van der Waals surface area contributed by atoms with Gasteiger partial charge in [0.1, 0.15) is 0 Å². The lowest BCUT2D eigenvalue weighted by Crippen LogP contribution is -2.44. The Hall–Kier alpha value is -2.87. The zero-order valence-electron chi connectivity index (χ0n) is 21.1. The number of unbranched alkanes of at least 4 members (excludes halogenated alkanes) is 1. The van der Waals surface area contributed by atoms with Gasteiger partial charge in [0.2, 0.25) is 5.91 Å². The Kier molecular flexibility index (Phi) is 8.94. The van der Waals surface area contributed by atoms with Crippen molar-refractivity contribution in [3.63, 3.8) is 0 Å². The summed E-state index contributed by atoms with van der Waals surface area (Å²) in [5.74, 6) is -0.282. The third-order valence-electron chi connectivity index (χ3n) is 6.36. The molecule has 1 aliphatic heterocycles. The van der Waals surface area contributed by atoms with Crippen LogP contribution in [0.15, 0.2) is 47.4 Å². The van der Waals surface area contributed by atoms with Crippen molar-refractivity contribution in [3.05, 3.63) is 59.2 Å². The van der Waals surface area contributed by atoms with E-state index in [0.29, 0.717) is 42.7 Å². The third-order valence-corrected chi connectivity index (χ3v) is 7.74. The first-order valence-electron chi connectivity index (χ1n) is 12.4. The van der Waals surface area contributed by atoms with Crippen molar-refractivity contribution in [1.82, 2.24) is 10.2 Å². The molecule has 7 nitrogen and oxygen atoms in total. The molecule has 2 aromatic rings. The van der Waals surface area contributed by atoms with Crippen LogP contribution in [0.2, 0.25) is 0 Å². The standard InChI is InChI=1S/C27H37N3O4S/c1-5-6-7-21-9-11-23(12-10-21)29-35(33,34)24-13-8-20(4)25(18-24)27(32)30-16-14-22(15-17-30)26(31)28-19(2)3/h8-13,18-19,22,29H,5-7,14-17H2,1-4H3,(H,28,31). The molecule has 8 heteroatoms. The first kappa shape index (κ1) is 26.7. The molecule has 2 amide bonds. The molecule has 0 atom stereocenters. The number of sulfonamides is 1. The van der Waals surface area contributed by atoms with Crippen LogP contribution in [0.25, 0.3) is 0 Å². The van der Waals surface area contributed by atoms with Gasteiger partial charge in [-0.1, -0.05) is 31.5 Å². The lowest BCUT2D eigenvalue weighted by atomic mass is 9.95. The summed E-state index contributed by atoms with van der Waals surface area (Å²) in [5, 5.41) is 2.94. The molecule has 0 spiro atoms. The number of rotatable bonds is 9. The second kappa shape index (κ2) is 11.7. The first-order chi connectivity index (χ1) is 16.6. The Morgan fingerprint density at radius 1 is 1.06 bits per heavy atom. The highest BCUT2D eigenvalue weighted by atomic mass is 32.2. The summed E-state index contributed by atoms with van der Waals surface area (Å²) in [7, 11) is -3.85. The molecule has 0 saturated carbocycles. The van der Waals surface area contributed by atoms with E-state index >= 15 is 0 Å². The highest BCUT2D eigenvalue weighted by Gasteiger charge is 2.29. The molecule has 1 fully saturated rings. The number of aryl methyl sites for hydroxylation is 2. The van der Waals surface area contributed by atoms with E-state index in [1.807, 2.05) is 26.0 Å². The predicted octanol–water partition coefficient (Wildman–Crippen LogP) is 4.52. The molecule has 0 unspecified atom stereocenters. The predicted molar refractivity (Wildman–Crippen MR) is 139 cm³/mol. The molecular formula is C27H37N3O4S. The Balaban J connectivity index is 1.70. The maximum absolute atomic E-state index is 13.2. The van der Waals surface area contributed by atoms with Gasteiger partial charge in [0.05, 0.1) is 4.90 Å². The number of nitrogens with one attached hydrogen (secondary N) is 2. The topological polar surface area (TPSA) is 95.6 Å². The van der Waals surface area contributed by atoms with E-state index < -0.39 is 10.0 Å². The second-order valence-corrected chi connectivity index (χ2v) is 11.3. The molecule has 0 radical (unpaired) electrons. The Morgan fingerprint density at radius 3 is 2.31 bits per heavy atom. The summed E-state index contributed by atoms with van der Waals surface area (Å²) < 4.78 is 28.7. The van der Waals surface area contributed by atoms with Crippen LogP contribution in [0.3, 0.4) is 0 Å². The van der Waals surface area contributed by atoms with Crippen LogP contribution in [0.1, 0.15) is 67.9 Å². The zero-order valence-corrected chi connectivity index (χ0v) is 22.0. The number of nitrogens with zero attached hydrogens (tertiary/aromatic N) is 1. The number of carbonyl (C=O) groups excluding carboxylic acids is 2. The van der Waals surface area contributed by atoms with E-state index in [-0.39, 0.29) is 28.7 Å². The van der Waals surface area contributed by atoms with Gasteiger partial charge in [-0.25, -0.2) is 8.42 Å². The van der Waals surface area contributed by atoms with E-state index in [9.17, 15) is 18.0 Å². The molecule has 3 rings (SSSR count). The van der Waals surface area contributed by atoms with Crippen LogP contribution in [-0.4, -0.2) is 44.3 Å². The number of hydrogen-bond acceptors (Lipinski definition) is 4. The van der Waals surface area contributed by atoms with Gasteiger partial charge in [0, 0.05) is 36.3 Å².